The molecule has 2 fully saturated rings. The number of carbonyl (C=O) groups excluding carboxylic acids is 2. The maximum atomic E-state index is 13.2. The summed E-state index contributed by atoms with van der Waals surface area (Å²) < 4.78 is 25.1. The van der Waals surface area contributed by atoms with Crippen LogP contribution >= 0.6 is 23.2 Å². The summed E-state index contributed by atoms with van der Waals surface area (Å²) >= 11 is 12.3. The molecule has 2 aromatic carbocycles. The lowest BCUT2D eigenvalue weighted by atomic mass is 9.85. The molecule has 200 valence electrons. The second-order valence-electron chi connectivity index (χ2n) is 9.71. The molecule has 1 saturated carbocycles. The molecule has 4 rings (SSSR count). The van der Waals surface area contributed by atoms with Gasteiger partial charge in [-0.05, 0) is 56.0 Å². The highest BCUT2D eigenvalue weighted by atomic mass is 35.5. The molecule has 0 radical (unpaired) electrons. The van der Waals surface area contributed by atoms with E-state index < -0.39 is 10.0 Å². The zero-order valence-electron chi connectivity index (χ0n) is 21.0. The van der Waals surface area contributed by atoms with Gasteiger partial charge in [0, 0.05) is 60.9 Å². The molecular weight excluding hydrogens is 535 g/mol. The molecule has 2 amide bonds. The molecule has 8 nitrogen and oxygen atoms in total. The minimum Gasteiger partial charge on any atom is -0.368 e. The molecule has 0 aromatic heterocycles. The van der Waals surface area contributed by atoms with Crippen molar-refractivity contribution in [1.82, 2.24) is 10.2 Å². The average molecular weight is 568 g/mol. The standard InChI is InChI=1S/C26H32Cl2N4O4S/c1-30(37(2,35)36)24-6-4-3-5-23(24)25(33)29-21-9-7-18(8-10-21)26(34)32-13-11-31(12-14-32)22-16-19(27)15-20(28)17-22/h3-6,15-18,21H,7-14H2,1-2H3,(H,29,33). The van der Waals surface area contributed by atoms with E-state index in [1.165, 1.54) is 7.05 Å². The van der Waals surface area contributed by atoms with Crippen molar-refractivity contribution in [1.29, 1.82) is 0 Å². The number of hydrogen-bond donors (Lipinski definition) is 1. The number of piperazine rings is 1. The quantitative estimate of drug-likeness (QED) is 0.570. The number of nitrogens with zero attached hydrogens (tertiary/aromatic N) is 3. The third-order valence-corrected chi connectivity index (χ3v) is 8.83. The first-order valence-corrected chi connectivity index (χ1v) is 15.0. The van der Waals surface area contributed by atoms with Gasteiger partial charge < -0.3 is 15.1 Å². The Morgan fingerprint density at radius 3 is 2.14 bits per heavy atom. The molecule has 11 heteroatoms. The van der Waals surface area contributed by atoms with Crippen LogP contribution in [0.2, 0.25) is 10.0 Å². The Kier molecular flexibility index (Phi) is 8.56. The van der Waals surface area contributed by atoms with Crippen LogP contribution in [0.15, 0.2) is 42.5 Å². The summed E-state index contributed by atoms with van der Waals surface area (Å²) in [5, 5.41) is 4.23. The zero-order valence-corrected chi connectivity index (χ0v) is 23.3. The van der Waals surface area contributed by atoms with Crippen LogP contribution in [0, 0.1) is 5.92 Å². The SMILES string of the molecule is CN(c1ccccc1C(=O)NC1CCC(C(=O)N2CCN(c3cc(Cl)cc(Cl)c3)CC2)CC1)S(C)(=O)=O. The van der Waals surface area contributed by atoms with E-state index in [2.05, 4.69) is 10.2 Å². The fourth-order valence-electron chi connectivity index (χ4n) is 5.03. The van der Waals surface area contributed by atoms with Gasteiger partial charge in [0.25, 0.3) is 5.91 Å². The molecule has 2 aromatic rings. The molecule has 1 aliphatic heterocycles. The van der Waals surface area contributed by atoms with Crippen molar-refractivity contribution in [2.45, 2.75) is 31.7 Å². The van der Waals surface area contributed by atoms with E-state index in [1.807, 2.05) is 17.0 Å². The minimum atomic E-state index is -3.50. The number of amides is 2. The van der Waals surface area contributed by atoms with Crippen LogP contribution in [0.3, 0.4) is 0 Å². The Morgan fingerprint density at radius 2 is 1.54 bits per heavy atom. The van der Waals surface area contributed by atoms with E-state index >= 15 is 0 Å². The van der Waals surface area contributed by atoms with Gasteiger partial charge >= 0.3 is 0 Å². The monoisotopic (exact) mass is 566 g/mol. The summed E-state index contributed by atoms with van der Waals surface area (Å²) in [7, 11) is -2.07. The molecule has 37 heavy (non-hydrogen) atoms. The molecule has 0 bridgehead atoms. The summed E-state index contributed by atoms with van der Waals surface area (Å²) in [5.41, 5.74) is 1.61. The maximum Gasteiger partial charge on any atom is 0.253 e. The number of anilines is 2. The number of rotatable bonds is 6. The van der Waals surface area contributed by atoms with E-state index in [1.54, 1.807) is 30.3 Å². The molecule has 1 N–H and O–H groups in total. The van der Waals surface area contributed by atoms with E-state index in [0.29, 0.717) is 60.1 Å². The second-order valence-corrected chi connectivity index (χ2v) is 12.6. The first kappa shape index (κ1) is 27.5. The van der Waals surface area contributed by atoms with Crippen molar-refractivity contribution >= 4 is 56.4 Å². The van der Waals surface area contributed by atoms with Crippen LogP contribution in [0.5, 0.6) is 0 Å². The predicted molar refractivity (Wildman–Crippen MR) is 148 cm³/mol. The summed E-state index contributed by atoms with van der Waals surface area (Å²) in [6, 6.07) is 12.1. The molecule has 2 aliphatic rings. The Hall–Kier alpha value is -2.49. The van der Waals surface area contributed by atoms with Crippen LogP contribution in [0.25, 0.3) is 0 Å². The van der Waals surface area contributed by atoms with Crippen molar-refractivity contribution in [2.75, 3.05) is 48.7 Å². The number of para-hydroxylation sites is 1. The Morgan fingerprint density at radius 1 is 0.946 bits per heavy atom. The second kappa shape index (κ2) is 11.5. The highest BCUT2D eigenvalue weighted by Gasteiger charge is 2.32. The largest absolute Gasteiger partial charge is 0.368 e. The molecule has 0 atom stereocenters. The summed E-state index contributed by atoms with van der Waals surface area (Å²) in [6.45, 7) is 2.72. The van der Waals surface area contributed by atoms with Crippen molar-refractivity contribution < 1.29 is 18.0 Å². The van der Waals surface area contributed by atoms with Gasteiger partial charge in [0.2, 0.25) is 15.9 Å². The molecule has 0 spiro atoms. The molecule has 1 heterocycles. The van der Waals surface area contributed by atoms with Crippen LogP contribution in [-0.4, -0.2) is 70.7 Å². The van der Waals surface area contributed by atoms with Gasteiger partial charge in [-0.25, -0.2) is 8.42 Å². The number of benzene rings is 2. The molecular formula is C26H32Cl2N4O4S. The van der Waals surface area contributed by atoms with Crippen molar-refractivity contribution in [3.05, 3.63) is 58.1 Å². The zero-order chi connectivity index (χ0) is 26.7. The van der Waals surface area contributed by atoms with Crippen LogP contribution in [0.4, 0.5) is 11.4 Å². The number of carbonyl (C=O) groups is 2. The highest BCUT2D eigenvalue weighted by Crippen LogP contribution is 2.29. The first-order chi connectivity index (χ1) is 17.5. The van der Waals surface area contributed by atoms with Gasteiger partial charge in [0.05, 0.1) is 17.5 Å². The van der Waals surface area contributed by atoms with Crippen LogP contribution in [-0.2, 0) is 14.8 Å². The Labute approximate surface area is 228 Å². The van der Waals surface area contributed by atoms with Crippen molar-refractivity contribution in [3.8, 4) is 0 Å². The van der Waals surface area contributed by atoms with Gasteiger partial charge in [-0.1, -0.05) is 35.3 Å². The lowest BCUT2D eigenvalue weighted by Gasteiger charge is -2.39. The normalized spacial score (nSPS) is 20.4. The summed E-state index contributed by atoms with van der Waals surface area (Å²) in [6.07, 6.45) is 3.92. The van der Waals surface area contributed by atoms with E-state index in [-0.39, 0.29) is 23.8 Å². The van der Waals surface area contributed by atoms with E-state index in [4.69, 9.17) is 23.2 Å². The Balaban J connectivity index is 1.28. The molecule has 1 saturated heterocycles. The van der Waals surface area contributed by atoms with Gasteiger partial charge in [-0.3, -0.25) is 13.9 Å². The third kappa shape index (κ3) is 6.69. The Bertz CT molecular complexity index is 1240. The van der Waals surface area contributed by atoms with E-state index in [9.17, 15) is 18.0 Å². The topological polar surface area (TPSA) is 90.0 Å². The number of sulfonamides is 1. The fourth-order valence-corrected chi connectivity index (χ4v) is 6.06. The molecule has 1 aliphatic carbocycles. The molecule has 0 unspecified atom stereocenters. The summed E-state index contributed by atoms with van der Waals surface area (Å²) in [5.74, 6) is -0.184. The lowest BCUT2D eigenvalue weighted by molar-refractivity contribution is -0.137. The lowest BCUT2D eigenvalue weighted by Crippen LogP contribution is -2.51. The van der Waals surface area contributed by atoms with Gasteiger partial charge in [-0.15, -0.1) is 0 Å². The average Bonchev–Trinajstić information content (AvgIpc) is 2.87. The highest BCUT2D eigenvalue weighted by molar-refractivity contribution is 7.92. The summed E-state index contributed by atoms with van der Waals surface area (Å²) in [4.78, 5) is 30.3. The van der Waals surface area contributed by atoms with Crippen LogP contribution < -0.4 is 14.5 Å². The number of nitrogens with one attached hydrogen (secondary N) is 1. The first-order valence-electron chi connectivity index (χ1n) is 12.4. The van der Waals surface area contributed by atoms with Gasteiger partial charge in [0.1, 0.15) is 0 Å². The van der Waals surface area contributed by atoms with Gasteiger partial charge in [0.15, 0.2) is 0 Å². The number of halogens is 2. The van der Waals surface area contributed by atoms with Crippen LogP contribution in [0.1, 0.15) is 36.0 Å². The smallest absolute Gasteiger partial charge is 0.253 e. The van der Waals surface area contributed by atoms with Crippen molar-refractivity contribution in [3.63, 3.8) is 0 Å². The predicted octanol–water partition coefficient (Wildman–Crippen LogP) is 4.03. The van der Waals surface area contributed by atoms with E-state index in [0.717, 1.165) is 29.3 Å². The fraction of sp³-hybridized carbons (Fsp3) is 0.462. The third-order valence-electron chi connectivity index (χ3n) is 7.20. The van der Waals surface area contributed by atoms with Crippen molar-refractivity contribution in [2.24, 2.45) is 5.92 Å². The van der Waals surface area contributed by atoms with Gasteiger partial charge in [-0.2, -0.15) is 0 Å². The minimum absolute atomic E-state index is 0.0519. The number of hydrogen-bond acceptors (Lipinski definition) is 5. The maximum absolute atomic E-state index is 13.2.